The molecule has 1 heteroatoms. The monoisotopic (exact) mass is 727 g/mol. The van der Waals surface area contributed by atoms with Gasteiger partial charge in [0.15, 0.2) is 0 Å². The van der Waals surface area contributed by atoms with E-state index in [9.17, 15) is 0 Å². The number of rotatable bonds is 6. The molecule has 0 saturated carbocycles. The zero-order valence-electron chi connectivity index (χ0n) is 32.2. The Morgan fingerprint density at radius 3 is 1.60 bits per heavy atom. The van der Waals surface area contributed by atoms with Crippen LogP contribution in [0.5, 0.6) is 0 Å². The Kier molecular flexibility index (Phi) is 7.50. The van der Waals surface area contributed by atoms with Crippen molar-refractivity contribution in [1.82, 2.24) is 0 Å². The van der Waals surface area contributed by atoms with Gasteiger partial charge in [0.2, 0.25) is 0 Å². The summed E-state index contributed by atoms with van der Waals surface area (Å²) in [5.41, 5.74) is 18.3. The molecule has 0 radical (unpaired) electrons. The average molecular weight is 728 g/mol. The van der Waals surface area contributed by atoms with E-state index in [4.69, 9.17) is 0 Å². The van der Waals surface area contributed by atoms with Crippen LogP contribution in [0, 0.1) is 0 Å². The Hall–Kier alpha value is -6.96. The summed E-state index contributed by atoms with van der Waals surface area (Å²) >= 11 is 0. The van der Waals surface area contributed by atoms with Crippen molar-refractivity contribution in [3.8, 4) is 33.4 Å². The summed E-state index contributed by atoms with van der Waals surface area (Å²) in [5.74, 6) is 0. The third-order valence-corrected chi connectivity index (χ3v) is 12.7. The SMILES string of the molecule is CC1(C)c2ccccc2-c2cc(N(c3ccc4c(c3)C(c3ccccc3)(c3ccccc3)c3ccc(-c5ccccc5)cc3-4)c3ccc4ccccc4c3)ccc21. The lowest BCUT2D eigenvalue weighted by Crippen LogP contribution is -2.28. The molecule has 0 aliphatic heterocycles. The molecule has 0 spiro atoms. The van der Waals surface area contributed by atoms with E-state index in [2.05, 4.69) is 231 Å². The van der Waals surface area contributed by atoms with Crippen LogP contribution in [-0.2, 0) is 10.8 Å². The predicted octanol–water partition coefficient (Wildman–Crippen LogP) is 14.6. The molecule has 0 bridgehead atoms. The minimum absolute atomic E-state index is 0.0683. The fourth-order valence-corrected chi connectivity index (χ4v) is 10.0. The van der Waals surface area contributed by atoms with E-state index in [1.807, 2.05) is 0 Å². The van der Waals surface area contributed by atoms with Crippen molar-refractivity contribution in [1.29, 1.82) is 0 Å². The molecule has 9 aromatic rings. The maximum absolute atomic E-state index is 2.48. The number of hydrogen-bond acceptors (Lipinski definition) is 1. The number of hydrogen-bond donors (Lipinski definition) is 0. The van der Waals surface area contributed by atoms with Gasteiger partial charge in [0, 0.05) is 22.5 Å². The first-order chi connectivity index (χ1) is 28.0. The van der Waals surface area contributed by atoms with Crippen molar-refractivity contribution in [2.75, 3.05) is 4.90 Å². The Labute approximate surface area is 335 Å². The fraction of sp³-hybridized carbons (Fsp3) is 0.0714. The number of fused-ring (bicyclic) bond motifs is 7. The van der Waals surface area contributed by atoms with Gasteiger partial charge in [-0.1, -0.05) is 184 Å². The smallest absolute Gasteiger partial charge is 0.0714 e. The zero-order valence-corrected chi connectivity index (χ0v) is 32.2. The van der Waals surface area contributed by atoms with Gasteiger partial charge in [-0.05, 0) is 120 Å². The molecule has 0 fully saturated rings. The molecule has 2 aliphatic rings. The van der Waals surface area contributed by atoms with E-state index in [1.165, 1.54) is 77.5 Å². The molecule has 0 aromatic heterocycles. The molecule has 270 valence electrons. The van der Waals surface area contributed by atoms with E-state index >= 15 is 0 Å². The third-order valence-electron chi connectivity index (χ3n) is 12.7. The highest BCUT2D eigenvalue weighted by Gasteiger charge is 2.46. The van der Waals surface area contributed by atoms with Gasteiger partial charge in [0.25, 0.3) is 0 Å². The highest BCUT2D eigenvalue weighted by atomic mass is 15.1. The van der Waals surface area contributed by atoms with Crippen LogP contribution < -0.4 is 4.90 Å². The molecule has 0 amide bonds. The largest absolute Gasteiger partial charge is 0.310 e. The predicted molar refractivity (Wildman–Crippen MR) is 239 cm³/mol. The van der Waals surface area contributed by atoms with Crippen LogP contribution in [0.15, 0.2) is 212 Å². The fourth-order valence-electron chi connectivity index (χ4n) is 10.0. The third kappa shape index (κ3) is 5.02. The van der Waals surface area contributed by atoms with Crippen molar-refractivity contribution in [3.05, 3.63) is 246 Å². The van der Waals surface area contributed by atoms with Crippen LogP contribution in [0.3, 0.4) is 0 Å². The summed E-state index contributed by atoms with van der Waals surface area (Å²) in [6.45, 7) is 4.71. The van der Waals surface area contributed by atoms with E-state index in [0.717, 1.165) is 17.1 Å². The molecule has 9 aromatic carbocycles. The lowest BCUT2D eigenvalue weighted by atomic mass is 9.67. The highest BCUT2D eigenvalue weighted by molar-refractivity contribution is 5.94. The Balaban J connectivity index is 1.19. The Bertz CT molecular complexity index is 2940. The van der Waals surface area contributed by atoms with Gasteiger partial charge in [0.05, 0.1) is 5.41 Å². The van der Waals surface area contributed by atoms with Crippen molar-refractivity contribution in [2.45, 2.75) is 24.7 Å². The Morgan fingerprint density at radius 2 is 0.842 bits per heavy atom. The first-order valence-corrected chi connectivity index (χ1v) is 20.0. The summed E-state index contributed by atoms with van der Waals surface area (Å²) in [7, 11) is 0. The molecule has 57 heavy (non-hydrogen) atoms. The van der Waals surface area contributed by atoms with Crippen molar-refractivity contribution in [3.63, 3.8) is 0 Å². The highest BCUT2D eigenvalue weighted by Crippen LogP contribution is 2.58. The number of benzene rings is 9. The number of anilines is 3. The molecular formula is C56H41N. The normalized spacial score (nSPS) is 14.1. The van der Waals surface area contributed by atoms with Gasteiger partial charge in [0.1, 0.15) is 0 Å². The van der Waals surface area contributed by atoms with E-state index in [0.29, 0.717) is 0 Å². The van der Waals surface area contributed by atoms with E-state index < -0.39 is 5.41 Å². The van der Waals surface area contributed by atoms with Gasteiger partial charge in [-0.3, -0.25) is 0 Å². The van der Waals surface area contributed by atoms with Crippen LogP contribution in [-0.4, -0.2) is 0 Å². The molecule has 0 saturated heterocycles. The van der Waals surface area contributed by atoms with Crippen LogP contribution in [0.2, 0.25) is 0 Å². The second-order valence-corrected chi connectivity index (χ2v) is 16.1. The average Bonchev–Trinajstić information content (AvgIpc) is 3.69. The second kappa shape index (κ2) is 12.8. The maximum Gasteiger partial charge on any atom is 0.0714 e. The summed E-state index contributed by atoms with van der Waals surface area (Å²) in [5, 5.41) is 2.45. The van der Waals surface area contributed by atoms with Crippen molar-refractivity contribution in [2.24, 2.45) is 0 Å². The van der Waals surface area contributed by atoms with E-state index in [-0.39, 0.29) is 5.41 Å². The lowest BCUT2D eigenvalue weighted by molar-refractivity contribution is 0.660. The summed E-state index contributed by atoms with van der Waals surface area (Å²) in [6, 6.07) is 78.9. The molecule has 0 unspecified atom stereocenters. The van der Waals surface area contributed by atoms with Crippen molar-refractivity contribution < 1.29 is 0 Å². The standard InChI is InChI=1S/C56H41N/c1-55(2)51-25-15-14-24-47(51)50-36-45(30-33-52(50)55)57(44-28-26-39-18-12-13-19-40(39)34-44)46-29-31-48-49-35-41(38-16-6-3-7-17-38)27-32-53(49)56(54(48)37-46,42-20-8-4-9-21-42)43-22-10-5-11-23-43/h3-37H,1-2H3. The van der Waals surface area contributed by atoms with Crippen LogP contribution in [0.25, 0.3) is 44.2 Å². The zero-order chi connectivity index (χ0) is 38.1. The Morgan fingerprint density at radius 1 is 0.316 bits per heavy atom. The molecule has 0 heterocycles. The van der Waals surface area contributed by atoms with Gasteiger partial charge in [-0.15, -0.1) is 0 Å². The lowest BCUT2D eigenvalue weighted by Gasteiger charge is -2.35. The minimum Gasteiger partial charge on any atom is -0.310 e. The molecular weight excluding hydrogens is 687 g/mol. The van der Waals surface area contributed by atoms with Crippen LogP contribution in [0.1, 0.15) is 47.2 Å². The first-order valence-electron chi connectivity index (χ1n) is 20.0. The summed E-state index contributed by atoms with van der Waals surface area (Å²) < 4.78 is 0. The quantitative estimate of drug-likeness (QED) is 0.165. The van der Waals surface area contributed by atoms with Crippen LogP contribution >= 0.6 is 0 Å². The van der Waals surface area contributed by atoms with Crippen molar-refractivity contribution >= 4 is 27.8 Å². The molecule has 11 rings (SSSR count). The molecule has 1 nitrogen and oxygen atoms in total. The van der Waals surface area contributed by atoms with Gasteiger partial charge in [-0.2, -0.15) is 0 Å². The summed E-state index contributed by atoms with van der Waals surface area (Å²) in [4.78, 5) is 2.47. The summed E-state index contributed by atoms with van der Waals surface area (Å²) in [6.07, 6.45) is 0. The first kappa shape index (κ1) is 33.4. The molecule has 0 atom stereocenters. The molecule has 0 N–H and O–H groups in total. The number of nitrogens with zero attached hydrogens (tertiary/aromatic N) is 1. The molecule has 2 aliphatic carbocycles. The topological polar surface area (TPSA) is 3.24 Å². The van der Waals surface area contributed by atoms with E-state index in [1.54, 1.807) is 0 Å². The van der Waals surface area contributed by atoms with Gasteiger partial charge in [-0.25, -0.2) is 0 Å². The van der Waals surface area contributed by atoms with Gasteiger partial charge >= 0.3 is 0 Å². The maximum atomic E-state index is 2.48. The van der Waals surface area contributed by atoms with Gasteiger partial charge < -0.3 is 4.90 Å². The minimum atomic E-state index is -0.533. The second-order valence-electron chi connectivity index (χ2n) is 16.1. The van der Waals surface area contributed by atoms with Crippen LogP contribution in [0.4, 0.5) is 17.1 Å².